The topological polar surface area (TPSA) is 58.6 Å². The van der Waals surface area contributed by atoms with Crippen LogP contribution in [0.2, 0.25) is 0 Å². The van der Waals surface area contributed by atoms with Crippen molar-refractivity contribution in [2.24, 2.45) is 0 Å². The van der Waals surface area contributed by atoms with Crippen LogP contribution < -0.4 is 5.32 Å². The predicted molar refractivity (Wildman–Crippen MR) is 57.9 cm³/mol. The van der Waals surface area contributed by atoms with Gasteiger partial charge in [-0.05, 0) is 12.8 Å². The van der Waals surface area contributed by atoms with Gasteiger partial charge in [0.05, 0.1) is 13.2 Å². The second kappa shape index (κ2) is 4.99. The van der Waals surface area contributed by atoms with E-state index in [1.54, 1.807) is 0 Å². The van der Waals surface area contributed by atoms with Crippen LogP contribution in [0.3, 0.4) is 0 Å². The summed E-state index contributed by atoms with van der Waals surface area (Å²) in [6.07, 6.45) is -1.95. The van der Waals surface area contributed by atoms with Gasteiger partial charge in [-0.15, -0.1) is 13.2 Å². The van der Waals surface area contributed by atoms with Gasteiger partial charge in [0.1, 0.15) is 5.54 Å². The molecule has 1 saturated heterocycles. The minimum absolute atomic E-state index is 0.207. The fourth-order valence-electron chi connectivity index (χ4n) is 2.68. The van der Waals surface area contributed by atoms with Gasteiger partial charge in [0.15, 0.2) is 0 Å². The minimum Gasteiger partial charge on any atom is -0.340 e. The van der Waals surface area contributed by atoms with Gasteiger partial charge in [0.25, 0.3) is 0 Å². The predicted octanol–water partition coefficient (Wildman–Crippen LogP) is 0.794. The Balaban J connectivity index is 1.96. The lowest BCUT2D eigenvalue weighted by Gasteiger charge is -2.39. The van der Waals surface area contributed by atoms with Crippen LogP contribution in [0.5, 0.6) is 0 Å². The molecule has 1 saturated carbocycles. The molecule has 108 valence electrons. The lowest BCUT2D eigenvalue weighted by atomic mass is 9.93. The highest BCUT2D eigenvalue weighted by Gasteiger charge is 2.48. The summed E-state index contributed by atoms with van der Waals surface area (Å²) in [4.78, 5) is 24.9. The standard InChI is InChI=1S/C11H15F3N2O3/c12-11(13,14)19-6-5-16-7-8(17)15-10(9(16)18)3-1-2-4-10/h1-7H2,(H,15,17). The molecule has 0 radical (unpaired) electrons. The highest BCUT2D eigenvalue weighted by Crippen LogP contribution is 2.33. The first-order valence-corrected chi connectivity index (χ1v) is 6.13. The molecule has 1 aliphatic carbocycles. The number of ether oxygens (including phenoxy) is 1. The van der Waals surface area contributed by atoms with Crippen molar-refractivity contribution in [2.45, 2.75) is 37.6 Å². The first kappa shape index (κ1) is 14.1. The van der Waals surface area contributed by atoms with Crippen molar-refractivity contribution >= 4 is 11.8 Å². The zero-order chi connectivity index (χ0) is 14.1. The van der Waals surface area contributed by atoms with Gasteiger partial charge in [-0.2, -0.15) is 0 Å². The van der Waals surface area contributed by atoms with E-state index in [0.717, 1.165) is 17.7 Å². The molecule has 1 spiro atoms. The first-order valence-electron chi connectivity index (χ1n) is 6.13. The summed E-state index contributed by atoms with van der Waals surface area (Å²) in [6, 6.07) is 0. The van der Waals surface area contributed by atoms with Crippen LogP contribution in [0.15, 0.2) is 0 Å². The quantitative estimate of drug-likeness (QED) is 0.831. The summed E-state index contributed by atoms with van der Waals surface area (Å²) in [5.41, 5.74) is -0.895. The van der Waals surface area contributed by atoms with Crippen molar-refractivity contribution in [2.75, 3.05) is 19.7 Å². The largest absolute Gasteiger partial charge is 0.522 e. The molecule has 1 heterocycles. The molecule has 0 aromatic heterocycles. The van der Waals surface area contributed by atoms with Crippen molar-refractivity contribution in [1.29, 1.82) is 0 Å². The lowest BCUT2D eigenvalue weighted by molar-refractivity contribution is -0.324. The molecule has 19 heavy (non-hydrogen) atoms. The second-order valence-corrected chi connectivity index (χ2v) is 4.86. The van der Waals surface area contributed by atoms with Crippen LogP contribution in [-0.4, -0.2) is 48.3 Å². The highest BCUT2D eigenvalue weighted by atomic mass is 19.4. The zero-order valence-electron chi connectivity index (χ0n) is 10.3. The molecular formula is C11H15F3N2O3. The number of halogens is 3. The van der Waals surface area contributed by atoms with E-state index in [1.807, 2.05) is 0 Å². The smallest absolute Gasteiger partial charge is 0.340 e. The molecule has 8 heteroatoms. The molecule has 5 nitrogen and oxygen atoms in total. The number of hydrogen-bond acceptors (Lipinski definition) is 3. The van der Waals surface area contributed by atoms with Crippen molar-refractivity contribution in [3.05, 3.63) is 0 Å². The molecule has 1 aliphatic heterocycles. The van der Waals surface area contributed by atoms with E-state index < -0.39 is 18.5 Å². The fraction of sp³-hybridized carbons (Fsp3) is 0.818. The zero-order valence-corrected chi connectivity index (χ0v) is 10.3. The number of nitrogens with one attached hydrogen (secondary N) is 1. The third kappa shape index (κ3) is 3.17. The fourth-order valence-corrected chi connectivity index (χ4v) is 2.68. The average molecular weight is 280 g/mol. The van der Waals surface area contributed by atoms with Gasteiger partial charge < -0.3 is 10.2 Å². The number of alkyl halides is 3. The molecule has 0 aromatic rings. The number of carbonyl (C=O) groups is 2. The Morgan fingerprint density at radius 3 is 2.47 bits per heavy atom. The van der Waals surface area contributed by atoms with Crippen molar-refractivity contribution in [3.63, 3.8) is 0 Å². The Hall–Kier alpha value is -1.31. The Bertz CT molecular complexity index is 378. The molecule has 0 atom stereocenters. The van der Waals surface area contributed by atoms with Gasteiger partial charge >= 0.3 is 6.36 Å². The third-order valence-corrected chi connectivity index (χ3v) is 3.49. The summed E-state index contributed by atoms with van der Waals surface area (Å²) in [6.45, 7) is -1.09. The number of piperazine rings is 1. The molecule has 0 aromatic carbocycles. The normalized spacial score (nSPS) is 23.0. The van der Waals surface area contributed by atoms with Gasteiger partial charge in [-0.25, -0.2) is 0 Å². The highest BCUT2D eigenvalue weighted by molar-refractivity contribution is 5.98. The van der Waals surface area contributed by atoms with E-state index in [-0.39, 0.29) is 24.9 Å². The minimum atomic E-state index is -4.72. The van der Waals surface area contributed by atoms with Gasteiger partial charge in [-0.1, -0.05) is 12.8 Å². The monoisotopic (exact) mass is 280 g/mol. The molecule has 2 rings (SSSR count). The molecular weight excluding hydrogens is 265 g/mol. The Morgan fingerprint density at radius 1 is 1.26 bits per heavy atom. The molecule has 2 aliphatic rings. The number of amides is 2. The van der Waals surface area contributed by atoms with Crippen LogP contribution in [0.1, 0.15) is 25.7 Å². The maximum atomic E-state index is 12.2. The molecule has 2 fully saturated rings. The van der Waals surface area contributed by atoms with Gasteiger partial charge in [0.2, 0.25) is 11.8 Å². The Labute approximate surface area is 108 Å². The van der Waals surface area contributed by atoms with E-state index in [4.69, 9.17) is 0 Å². The summed E-state index contributed by atoms with van der Waals surface area (Å²) < 4.78 is 39.3. The van der Waals surface area contributed by atoms with Gasteiger partial charge in [-0.3, -0.25) is 14.3 Å². The second-order valence-electron chi connectivity index (χ2n) is 4.86. The average Bonchev–Trinajstić information content (AvgIpc) is 2.73. The Morgan fingerprint density at radius 2 is 1.89 bits per heavy atom. The van der Waals surface area contributed by atoms with Crippen LogP contribution in [0.4, 0.5) is 13.2 Å². The third-order valence-electron chi connectivity index (χ3n) is 3.49. The van der Waals surface area contributed by atoms with E-state index in [0.29, 0.717) is 12.8 Å². The summed E-state index contributed by atoms with van der Waals surface area (Å²) >= 11 is 0. The molecule has 0 bridgehead atoms. The number of rotatable bonds is 3. The summed E-state index contributed by atoms with van der Waals surface area (Å²) in [5.74, 6) is -0.621. The van der Waals surface area contributed by atoms with E-state index >= 15 is 0 Å². The van der Waals surface area contributed by atoms with Crippen LogP contribution in [-0.2, 0) is 14.3 Å². The number of hydrogen-bond donors (Lipinski definition) is 1. The van der Waals surface area contributed by atoms with Crippen LogP contribution >= 0.6 is 0 Å². The maximum absolute atomic E-state index is 12.2. The summed E-state index contributed by atoms with van der Waals surface area (Å²) in [5, 5.41) is 2.68. The van der Waals surface area contributed by atoms with Crippen molar-refractivity contribution in [1.82, 2.24) is 10.2 Å². The van der Waals surface area contributed by atoms with Crippen LogP contribution in [0, 0.1) is 0 Å². The lowest BCUT2D eigenvalue weighted by Crippen LogP contribution is -2.65. The van der Waals surface area contributed by atoms with Crippen molar-refractivity contribution < 1.29 is 27.5 Å². The first-order chi connectivity index (χ1) is 8.82. The molecule has 0 unspecified atom stereocenters. The SMILES string of the molecule is O=C1CN(CCOC(F)(F)F)C(=O)C2(CCCC2)N1. The van der Waals surface area contributed by atoms with Crippen LogP contribution in [0.25, 0.3) is 0 Å². The maximum Gasteiger partial charge on any atom is 0.522 e. The Kier molecular flexibility index (Phi) is 3.71. The van der Waals surface area contributed by atoms with E-state index in [2.05, 4.69) is 10.1 Å². The molecule has 2 amide bonds. The molecule has 1 N–H and O–H groups in total. The van der Waals surface area contributed by atoms with E-state index in [9.17, 15) is 22.8 Å². The summed E-state index contributed by atoms with van der Waals surface area (Å²) in [7, 11) is 0. The number of nitrogens with zero attached hydrogens (tertiary/aromatic N) is 1. The van der Waals surface area contributed by atoms with E-state index in [1.165, 1.54) is 0 Å². The van der Waals surface area contributed by atoms with Gasteiger partial charge in [0, 0.05) is 6.54 Å². The van der Waals surface area contributed by atoms with Crippen molar-refractivity contribution in [3.8, 4) is 0 Å². The number of carbonyl (C=O) groups excluding carboxylic acids is 2.